The number of anilines is 1. The first-order chi connectivity index (χ1) is 14.9. The second kappa shape index (κ2) is 8.07. The fourth-order valence-corrected chi connectivity index (χ4v) is 4.47. The van der Waals surface area contributed by atoms with Gasteiger partial charge in [0.05, 0.1) is 29.5 Å². The summed E-state index contributed by atoms with van der Waals surface area (Å²) in [6, 6.07) is 14.2. The zero-order valence-electron chi connectivity index (χ0n) is 16.3. The molecule has 0 aliphatic rings. The average molecular weight is 439 g/mol. The number of aromatic nitrogens is 2. The lowest BCUT2D eigenvalue weighted by Gasteiger charge is -2.07. The first-order valence-corrected chi connectivity index (χ1v) is 10.8. The van der Waals surface area contributed by atoms with E-state index in [2.05, 4.69) is 15.5 Å². The predicted octanol–water partition coefficient (Wildman–Crippen LogP) is 3.17. The van der Waals surface area contributed by atoms with Crippen molar-refractivity contribution in [3.05, 3.63) is 77.9 Å². The number of nitrogens with zero attached hydrogens (tertiary/aromatic N) is 1. The summed E-state index contributed by atoms with van der Waals surface area (Å²) in [6.45, 7) is 0. The second-order valence-corrected chi connectivity index (χ2v) is 8.61. The Morgan fingerprint density at radius 3 is 2.65 bits per heavy atom. The van der Waals surface area contributed by atoms with Gasteiger partial charge in [0.15, 0.2) is 21.3 Å². The number of ether oxygens (including phenoxy) is 1. The lowest BCUT2D eigenvalue weighted by atomic mass is 10.2. The molecule has 9 nitrogen and oxygen atoms in total. The highest BCUT2D eigenvalue weighted by Gasteiger charge is 2.23. The zero-order valence-corrected chi connectivity index (χ0v) is 17.1. The van der Waals surface area contributed by atoms with Gasteiger partial charge in [0.25, 0.3) is 5.91 Å². The third-order valence-electron chi connectivity index (χ3n) is 4.60. The van der Waals surface area contributed by atoms with Crippen LogP contribution >= 0.6 is 0 Å². The molecule has 0 unspecified atom stereocenters. The molecule has 0 atom stereocenters. The fourth-order valence-electron chi connectivity index (χ4n) is 3.10. The van der Waals surface area contributed by atoms with E-state index in [-0.39, 0.29) is 27.7 Å². The summed E-state index contributed by atoms with van der Waals surface area (Å²) in [4.78, 5) is 24.7. The second-order valence-electron chi connectivity index (χ2n) is 6.63. The Hall–Kier alpha value is -3.92. The van der Waals surface area contributed by atoms with Crippen LogP contribution in [0.1, 0.15) is 26.6 Å². The van der Waals surface area contributed by atoms with Crippen molar-refractivity contribution in [1.82, 2.24) is 10.2 Å². The number of fused-ring (bicyclic) bond motifs is 1. The highest BCUT2D eigenvalue weighted by atomic mass is 32.2. The first kappa shape index (κ1) is 20.4. The third kappa shape index (κ3) is 4.05. The highest BCUT2D eigenvalue weighted by molar-refractivity contribution is 7.90. The largest absolute Gasteiger partial charge is 0.464 e. The molecule has 0 fully saturated rings. The van der Waals surface area contributed by atoms with E-state index in [1.54, 1.807) is 36.4 Å². The van der Waals surface area contributed by atoms with E-state index < -0.39 is 21.7 Å². The minimum Gasteiger partial charge on any atom is -0.464 e. The Morgan fingerprint density at radius 2 is 1.90 bits per heavy atom. The van der Waals surface area contributed by atoms with Gasteiger partial charge in [0.2, 0.25) is 0 Å². The number of carbonyl (C=O) groups is 2. The van der Waals surface area contributed by atoms with E-state index >= 15 is 0 Å². The van der Waals surface area contributed by atoms with E-state index in [0.717, 1.165) is 0 Å². The van der Waals surface area contributed by atoms with E-state index in [1.807, 2.05) is 0 Å². The van der Waals surface area contributed by atoms with Crippen molar-refractivity contribution in [2.75, 3.05) is 12.4 Å². The maximum absolute atomic E-state index is 12.8. The minimum atomic E-state index is -3.66. The molecule has 0 aliphatic carbocycles. The molecular weight excluding hydrogens is 422 g/mol. The number of furan rings is 1. The van der Waals surface area contributed by atoms with Crippen molar-refractivity contribution in [2.45, 2.75) is 10.6 Å². The third-order valence-corrected chi connectivity index (χ3v) is 6.28. The molecule has 0 aliphatic heterocycles. The lowest BCUT2D eigenvalue weighted by Crippen LogP contribution is -2.14. The summed E-state index contributed by atoms with van der Waals surface area (Å²) in [6.07, 6.45) is 1.26. The molecule has 158 valence electrons. The SMILES string of the molecule is COC(=O)c1n[nH]c2ccc(NC(=O)c3occc3CS(=O)(=O)c3ccccc3)cc12. The molecule has 0 saturated carbocycles. The Morgan fingerprint density at radius 1 is 1.13 bits per heavy atom. The maximum atomic E-state index is 12.8. The number of aromatic amines is 1. The summed E-state index contributed by atoms with van der Waals surface area (Å²) in [5.74, 6) is -1.73. The van der Waals surface area contributed by atoms with Crippen LogP contribution in [0, 0.1) is 0 Å². The summed E-state index contributed by atoms with van der Waals surface area (Å²) in [5, 5.41) is 9.76. The summed E-state index contributed by atoms with van der Waals surface area (Å²) >= 11 is 0. The maximum Gasteiger partial charge on any atom is 0.359 e. The van der Waals surface area contributed by atoms with Crippen LogP contribution in [0.5, 0.6) is 0 Å². The Bertz CT molecular complexity index is 1370. The molecule has 10 heteroatoms. The monoisotopic (exact) mass is 439 g/mol. The van der Waals surface area contributed by atoms with Crippen LogP contribution in [0.2, 0.25) is 0 Å². The van der Waals surface area contributed by atoms with Gasteiger partial charge < -0.3 is 14.5 Å². The fraction of sp³-hybridized carbons (Fsp3) is 0.0952. The number of benzene rings is 2. The number of sulfone groups is 1. The molecular formula is C21H17N3O6S. The number of carbonyl (C=O) groups excluding carboxylic acids is 2. The van der Waals surface area contributed by atoms with Crippen LogP contribution in [0.15, 0.2) is 70.2 Å². The van der Waals surface area contributed by atoms with Crippen LogP contribution in [0.4, 0.5) is 5.69 Å². The molecule has 0 radical (unpaired) electrons. The van der Waals surface area contributed by atoms with Gasteiger partial charge in [-0.2, -0.15) is 5.10 Å². The number of amides is 1. The van der Waals surface area contributed by atoms with Crippen LogP contribution in [0.25, 0.3) is 10.9 Å². The quantitative estimate of drug-likeness (QED) is 0.441. The summed E-state index contributed by atoms with van der Waals surface area (Å²) in [5.41, 5.74) is 1.28. The van der Waals surface area contributed by atoms with Gasteiger partial charge in [-0.1, -0.05) is 18.2 Å². The van der Waals surface area contributed by atoms with Gasteiger partial charge >= 0.3 is 5.97 Å². The van der Waals surface area contributed by atoms with Crippen molar-refractivity contribution < 1.29 is 27.2 Å². The summed E-state index contributed by atoms with van der Waals surface area (Å²) in [7, 11) is -2.41. The Labute approximate surface area is 176 Å². The number of H-pyrrole nitrogens is 1. The van der Waals surface area contributed by atoms with Crippen LogP contribution in [-0.4, -0.2) is 37.6 Å². The zero-order chi connectivity index (χ0) is 22.0. The van der Waals surface area contributed by atoms with Crippen molar-refractivity contribution in [3.63, 3.8) is 0 Å². The van der Waals surface area contributed by atoms with E-state index in [0.29, 0.717) is 16.6 Å². The predicted molar refractivity (Wildman–Crippen MR) is 111 cm³/mol. The number of nitrogens with one attached hydrogen (secondary N) is 2. The minimum absolute atomic E-state index is 0.0845. The van der Waals surface area contributed by atoms with Gasteiger partial charge in [-0.05, 0) is 36.4 Å². The van der Waals surface area contributed by atoms with Crippen molar-refractivity contribution in [3.8, 4) is 0 Å². The molecule has 4 aromatic rings. The van der Waals surface area contributed by atoms with Crippen LogP contribution < -0.4 is 5.32 Å². The molecule has 1 amide bonds. The smallest absolute Gasteiger partial charge is 0.359 e. The lowest BCUT2D eigenvalue weighted by molar-refractivity contribution is 0.0596. The van der Waals surface area contributed by atoms with Gasteiger partial charge in [-0.15, -0.1) is 0 Å². The highest BCUT2D eigenvalue weighted by Crippen LogP contribution is 2.24. The molecule has 0 bridgehead atoms. The van der Waals surface area contributed by atoms with Gasteiger partial charge in [-0.3, -0.25) is 9.89 Å². The van der Waals surface area contributed by atoms with Gasteiger partial charge in [-0.25, -0.2) is 13.2 Å². The summed E-state index contributed by atoms with van der Waals surface area (Å²) < 4.78 is 35.3. The number of esters is 1. The van der Waals surface area contributed by atoms with Gasteiger partial charge in [0, 0.05) is 16.6 Å². The molecule has 0 saturated heterocycles. The Kier molecular flexibility index (Phi) is 5.30. The van der Waals surface area contributed by atoms with Gasteiger partial charge in [0.1, 0.15) is 0 Å². The number of hydrogen-bond donors (Lipinski definition) is 2. The average Bonchev–Trinajstić information content (AvgIpc) is 3.40. The molecule has 2 N–H and O–H groups in total. The van der Waals surface area contributed by atoms with Crippen molar-refractivity contribution >= 4 is 38.3 Å². The van der Waals surface area contributed by atoms with Crippen molar-refractivity contribution in [2.24, 2.45) is 0 Å². The van der Waals surface area contributed by atoms with E-state index in [9.17, 15) is 18.0 Å². The molecule has 2 heterocycles. The normalized spacial score (nSPS) is 11.4. The van der Waals surface area contributed by atoms with E-state index in [1.165, 1.54) is 31.6 Å². The molecule has 4 rings (SSSR count). The Balaban J connectivity index is 1.58. The molecule has 2 aromatic heterocycles. The van der Waals surface area contributed by atoms with Crippen molar-refractivity contribution in [1.29, 1.82) is 0 Å². The number of methoxy groups -OCH3 is 1. The van der Waals surface area contributed by atoms with E-state index in [4.69, 9.17) is 9.15 Å². The van der Waals surface area contributed by atoms with Crippen LogP contribution in [-0.2, 0) is 20.3 Å². The molecule has 2 aromatic carbocycles. The standard InChI is InChI=1S/C21H17N3O6S/c1-29-21(26)18-16-11-14(7-8-17(16)23-24-18)22-20(25)19-13(9-10-30-19)12-31(27,28)15-5-3-2-4-6-15/h2-11H,12H2,1H3,(H,22,25)(H,23,24). The topological polar surface area (TPSA) is 131 Å². The first-order valence-electron chi connectivity index (χ1n) is 9.11. The number of hydrogen-bond acceptors (Lipinski definition) is 7. The molecule has 31 heavy (non-hydrogen) atoms. The number of rotatable bonds is 6. The molecule has 0 spiro atoms. The van der Waals surface area contributed by atoms with Crippen LogP contribution in [0.3, 0.4) is 0 Å².